The molecule has 0 amide bonds. The largest absolute Gasteiger partial charge is 0.433 e. The van der Waals surface area contributed by atoms with Crippen molar-refractivity contribution in [1.82, 2.24) is 9.97 Å². The summed E-state index contributed by atoms with van der Waals surface area (Å²) in [6.07, 6.45) is -2.68. The van der Waals surface area contributed by atoms with Gasteiger partial charge in [0.2, 0.25) is 5.95 Å². The molecule has 0 saturated carbocycles. The maximum absolute atomic E-state index is 12.6. The molecule has 0 fully saturated rings. The smallest absolute Gasteiger partial charge is 0.370 e. The molecule has 0 bridgehead atoms. The highest BCUT2D eigenvalue weighted by atomic mass is 19.4. The van der Waals surface area contributed by atoms with Crippen LogP contribution in [-0.2, 0) is 6.18 Å². The van der Waals surface area contributed by atoms with Gasteiger partial charge in [0.05, 0.1) is 0 Å². The van der Waals surface area contributed by atoms with Crippen LogP contribution in [-0.4, -0.2) is 16.5 Å². The van der Waals surface area contributed by atoms with Crippen molar-refractivity contribution in [2.75, 3.05) is 17.3 Å². The Labute approximate surface area is 109 Å². The van der Waals surface area contributed by atoms with E-state index in [9.17, 15) is 13.2 Å². The Bertz CT molecular complexity index is 406. The van der Waals surface area contributed by atoms with Crippen LogP contribution in [0.15, 0.2) is 6.07 Å². The Hall–Kier alpha value is -1.57. The van der Waals surface area contributed by atoms with Gasteiger partial charge in [-0.3, -0.25) is 5.43 Å². The number of nitrogens with one attached hydrogen (secondary N) is 2. The molecule has 1 heterocycles. The summed E-state index contributed by atoms with van der Waals surface area (Å²) in [5, 5.41) is 2.84. The normalized spacial score (nSPS) is 11.7. The molecule has 0 saturated heterocycles. The number of hydrazine groups is 1. The summed E-state index contributed by atoms with van der Waals surface area (Å²) in [7, 11) is 0. The first-order chi connectivity index (χ1) is 8.82. The molecule has 0 aromatic carbocycles. The fourth-order valence-electron chi connectivity index (χ4n) is 1.47. The summed E-state index contributed by atoms with van der Waals surface area (Å²) in [5.41, 5.74) is 1.00. The van der Waals surface area contributed by atoms with Gasteiger partial charge in [0.25, 0.3) is 0 Å². The second kappa shape index (κ2) is 6.55. The van der Waals surface area contributed by atoms with Gasteiger partial charge in [0, 0.05) is 12.6 Å². The van der Waals surface area contributed by atoms with E-state index in [1.54, 1.807) is 0 Å². The highest BCUT2D eigenvalue weighted by molar-refractivity contribution is 5.42. The van der Waals surface area contributed by atoms with Crippen molar-refractivity contribution in [3.05, 3.63) is 11.8 Å². The Morgan fingerprint density at radius 1 is 1.32 bits per heavy atom. The molecule has 19 heavy (non-hydrogen) atoms. The lowest BCUT2D eigenvalue weighted by Crippen LogP contribution is -2.17. The zero-order valence-corrected chi connectivity index (χ0v) is 10.9. The van der Waals surface area contributed by atoms with E-state index in [0.717, 1.165) is 18.9 Å². The Balaban J connectivity index is 2.72. The van der Waals surface area contributed by atoms with Crippen LogP contribution >= 0.6 is 0 Å². The fourth-order valence-corrected chi connectivity index (χ4v) is 1.47. The maximum Gasteiger partial charge on any atom is 0.433 e. The molecule has 0 aliphatic heterocycles. The van der Waals surface area contributed by atoms with Gasteiger partial charge >= 0.3 is 6.18 Å². The number of halogens is 3. The lowest BCUT2D eigenvalue weighted by atomic mass is 10.1. The molecule has 0 radical (unpaired) electrons. The van der Waals surface area contributed by atoms with Crippen molar-refractivity contribution < 1.29 is 13.2 Å². The van der Waals surface area contributed by atoms with Crippen LogP contribution < -0.4 is 16.6 Å². The van der Waals surface area contributed by atoms with Crippen LogP contribution in [0.3, 0.4) is 0 Å². The topological polar surface area (TPSA) is 75.9 Å². The first kappa shape index (κ1) is 15.5. The molecule has 1 rings (SSSR count). The third-order valence-corrected chi connectivity index (χ3v) is 2.41. The van der Waals surface area contributed by atoms with E-state index >= 15 is 0 Å². The van der Waals surface area contributed by atoms with Gasteiger partial charge in [-0.15, -0.1) is 0 Å². The van der Waals surface area contributed by atoms with Crippen molar-refractivity contribution >= 4 is 11.8 Å². The SMILES string of the molecule is CC(C)CCCNc1cc(C(F)(F)F)nc(NN)n1. The second-order valence-electron chi connectivity index (χ2n) is 4.57. The molecule has 8 heteroatoms. The number of hydrogen-bond donors (Lipinski definition) is 3. The number of aromatic nitrogens is 2. The van der Waals surface area contributed by atoms with Crippen LogP contribution in [0.4, 0.5) is 24.9 Å². The van der Waals surface area contributed by atoms with Crippen molar-refractivity contribution in [3.63, 3.8) is 0 Å². The molecule has 1 aromatic rings. The first-order valence-corrected chi connectivity index (χ1v) is 5.99. The molecule has 108 valence electrons. The lowest BCUT2D eigenvalue weighted by Gasteiger charge is -2.11. The predicted octanol–water partition coefficient (Wildman–Crippen LogP) is 2.63. The number of nitrogens with two attached hydrogens (primary N) is 1. The average Bonchev–Trinajstić information content (AvgIpc) is 2.33. The molecule has 0 aliphatic rings. The number of nitrogens with zero attached hydrogens (tertiary/aromatic N) is 2. The standard InChI is InChI=1S/C11H18F3N5/c1-7(2)4-3-5-16-9-6-8(11(12,13)14)17-10(18-9)19-15/h6-7H,3-5,15H2,1-2H3,(H2,16,17,18,19). The van der Waals surface area contributed by atoms with E-state index in [0.29, 0.717) is 12.5 Å². The van der Waals surface area contributed by atoms with Crippen LogP contribution in [0.25, 0.3) is 0 Å². The van der Waals surface area contributed by atoms with Crippen LogP contribution in [0.5, 0.6) is 0 Å². The minimum absolute atomic E-state index is 0.110. The van der Waals surface area contributed by atoms with Crippen LogP contribution in [0.2, 0.25) is 0 Å². The van der Waals surface area contributed by atoms with Crippen LogP contribution in [0, 0.1) is 5.92 Å². The summed E-state index contributed by atoms with van der Waals surface area (Å²) in [4.78, 5) is 7.09. The number of anilines is 2. The van der Waals surface area contributed by atoms with Gasteiger partial charge in [0.15, 0.2) is 5.69 Å². The van der Waals surface area contributed by atoms with Crippen molar-refractivity contribution in [2.45, 2.75) is 32.9 Å². The van der Waals surface area contributed by atoms with Gasteiger partial charge < -0.3 is 5.32 Å². The van der Waals surface area contributed by atoms with Gasteiger partial charge in [-0.1, -0.05) is 13.8 Å². The van der Waals surface area contributed by atoms with Crippen molar-refractivity contribution in [3.8, 4) is 0 Å². The van der Waals surface area contributed by atoms with Gasteiger partial charge in [-0.2, -0.15) is 18.2 Å². The third-order valence-electron chi connectivity index (χ3n) is 2.41. The summed E-state index contributed by atoms with van der Waals surface area (Å²) in [6, 6.07) is 0.871. The van der Waals surface area contributed by atoms with Crippen LogP contribution in [0.1, 0.15) is 32.4 Å². The molecule has 0 unspecified atom stereocenters. The van der Waals surface area contributed by atoms with Crippen molar-refractivity contribution in [2.24, 2.45) is 11.8 Å². The molecule has 0 spiro atoms. The monoisotopic (exact) mass is 277 g/mol. The summed E-state index contributed by atoms with van der Waals surface area (Å²) in [6.45, 7) is 4.72. The molecular formula is C11H18F3N5. The van der Waals surface area contributed by atoms with E-state index < -0.39 is 11.9 Å². The molecule has 5 nitrogen and oxygen atoms in total. The van der Waals surface area contributed by atoms with Gasteiger partial charge in [0.1, 0.15) is 5.82 Å². The highest BCUT2D eigenvalue weighted by Gasteiger charge is 2.33. The summed E-state index contributed by atoms with van der Waals surface area (Å²) in [5.74, 6) is 5.46. The van der Waals surface area contributed by atoms with E-state index in [1.807, 2.05) is 5.43 Å². The molecule has 4 N–H and O–H groups in total. The van der Waals surface area contributed by atoms with E-state index in [2.05, 4.69) is 29.1 Å². The number of rotatable bonds is 6. The zero-order valence-electron chi connectivity index (χ0n) is 10.9. The van der Waals surface area contributed by atoms with Crippen molar-refractivity contribution in [1.29, 1.82) is 0 Å². The number of nitrogen functional groups attached to an aromatic ring is 1. The minimum Gasteiger partial charge on any atom is -0.370 e. The Kier molecular flexibility index (Phi) is 5.34. The quantitative estimate of drug-likeness (QED) is 0.423. The Morgan fingerprint density at radius 2 is 2.00 bits per heavy atom. The van der Waals surface area contributed by atoms with Gasteiger partial charge in [-0.25, -0.2) is 10.8 Å². The predicted molar refractivity (Wildman–Crippen MR) is 67.4 cm³/mol. The Morgan fingerprint density at radius 3 is 2.53 bits per heavy atom. The summed E-state index contributed by atoms with van der Waals surface area (Å²) >= 11 is 0. The van der Waals surface area contributed by atoms with E-state index in [1.165, 1.54) is 0 Å². The molecular weight excluding hydrogens is 259 g/mol. The minimum atomic E-state index is -4.52. The fraction of sp³-hybridized carbons (Fsp3) is 0.636. The zero-order chi connectivity index (χ0) is 14.5. The summed E-state index contributed by atoms with van der Waals surface area (Å²) < 4.78 is 37.8. The number of alkyl halides is 3. The number of hydrogen-bond acceptors (Lipinski definition) is 5. The second-order valence-corrected chi connectivity index (χ2v) is 4.57. The molecule has 1 aromatic heterocycles. The molecule has 0 atom stereocenters. The first-order valence-electron chi connectivity index (χ1n) is 5.99. The van der Waals surface area contributed by atoms with E-state index in [-0.39, 0.29) is 11.8 Å². The maximum atomic E-state index is 12.6. The lowest BCUT2D eigenvalue weighted by molar-refractivity contribution is -0.141. The molecule has 0 aliphatic carbocycles. The highest BCUT2D eigenvalue weighted by Crippen LogP contribution is 2.29. The average molecular weight is 277 g/mol. The van der Waals surface area contributed by atoms with E-state index in [4.69, 9.17) is 5.84 Å². The third kappa shape index (κ3) is 5.29. The van der Waals surface area contributed by atoms with Gasteiger partial charge in [-0.05, 0) is 18.8 Å².